The summed E-state index contributed by atoms with van der Waals surface area (Å²) in [6.45, 7) is 3.12. The summed E-state index contributed by atoms with van der Waals surface area (Å²) in [6, 6.07) is 7.13. The predicted molar refractivity (Wildman–Crippen MR) is 60.2 cm³/mol. The van der Waals surface area contributed by atoms with Crippen molar-refractivity contribution in [2.45, 2.75) is 25.0 Å². The van der Waals surface area contributed by atoms with Gasteiger partial charge in [0.2, 0.25) is 6.29 Å². The van der Waals surface area contributed by atoms with Crippen LogP contribution >= 0.6 is 0 Å². The van der Waals surface area contributed by atoms with Gasteiger partial charge in [-0.3, -0.25) is 9.00 Å². The van der Waals surface area contributed by atoms with Gasteiger partial charge in [-0.25, -0.2) is 0 Å². The van der Waals surface area contributed by atoms with Crippen molar-refractivity contribution in [3.05, 3.63) is 29.8 Å². The van der Waals surface area contributed by atoms with E-state index in [2.05, 4.69) is 4.74 Å². The molecule has 1 unspecified atom stereocenters. The summed E-state index contributed by atoms with van der Waals surface area (Å²) in [5.74, 6) is -0.698. The van der Waals surface area contributed by atoms with Crippen LogP contribution in [0.3, 0.4) is 0 Å². The number of carbonyl (C=O) groups is 1. The smallest absolute Gasteiger partial charge is 0.304 e. The summed E-state index contributed by atoms with van der Waals surface area (Å²) < 4.78 is 16.2. The molecule has 0 aliphatic carbocycles. The second-order valence-electron chi connectivity index (χ2n) is 3.39. The molecule has 0 saturated carbocycles. The van der Waals surface area contributed by atoms with Gasteiger partial charge in [0.1, 0.15) is 0 Å². The summed E-state index contributed by atoms with van der Waals surface area (Å²) in [5, 5.41) is 9.27. The normalized spacial score (nSPS) is 14.2. The quantitative estimate of drug-likeness (QED) is 0.631. The summed E-state index contributed by atoms with van der Waals surface area (Å²) in [6.07, 6.45) is -1.32. The maximum Gasteiger partial charge on any atom is 0.304 e. The van der Waals surface area contributed by atoms with Crippen LogP contribution in [-0.2, 0) is 20.3 Å². The van der Waals surface area contributed by atoms with Crippen LogP contribution in [0.15, 0.2) is 29.2 Å². The van der Waals surface area contributed by atoms with Gasteiger partial charge in [-0.2, -0.15) is 0 Å². The molecule has 0 aromatic heterocycles. The molecule has 0 spiro atoms. The number of esters is 1. The molecule has 0 fully saturated rings. The lowest BCUT2D eigenvalue weighted by molar-refractivity contribution is -0.161. The van der Waals surface area contributed by atoms with E-state index in [0.717, 1.165) is 5.56 Å². The van der Waals surface area contributed by atoms with Gasteiger partial charge in [0.15, 0.2) is 0 Å². The Morgan fingerprint density at radius 2 is 2.00 bits per heavy atom. The minimum Gasteiger partial charge on any atom is -0.435 e. The van der Waals surface area contributed by atoms with Crippen LogP contribution in [0.4, 0.5) is 0 Å². The molecule has 0 bridgehead atoms. The summed E-state index contributed by atoms with van der Waals surface area (Å²) in [5.41, 5.74) is 1.07. The van der Waals surface area contributed by atoms with Crippen LogP contribution in [0.25, 0.3) is 0 Å². The minimum atomic E-state index is -1.37. The van der Waals surface area contributed by atoms with E-state index in [9.17, 15) is 14.1 Å². The second-order valence-corrected chi connectivity index (χ2v) is 4.89. The summed E-state index contributed by atoms with van der Waals surface area (Å²) >= 11 is 0. The van der Waals surface area contributed by atoms with Crippen molar-refractivity contribution in [1.29, 1.82) is 0 Å². The molecule has 0 radical (unpaired) electrons. The molecule has 5 heteroatoms. The molecule has 0 heterocycles. The minimum absolute atomic E-state index is 0.108. The number of hydrogen-bond acceptors (Lipinski definition) is 4. The van der Waals surface area contributed by atoms with Crippen LogP contribution in [0.1, 0.15) is 12.5 Å². The number of ether oxygens (including phenoxy) is 1. The first-order chi connectivity index (χ1) is 7.49. The number of hydrogen-bond donors (Lipinski definition) is 1. The zero-order valence-electron chi connectivity index (χ0n) is 9.17. The molecule has 0 saturated heterocycles. The fourth-order valence-electron chi connectivity index (χ4n) is 1.14. The summed E-state index contributed by atoms with van der Waals surface area (Å²) in [7, 11) is -1.37. The predicted octanol–water partition coefficient (Wildman–Crippen LogP) is 0.984. The van der Waals surface area contributed by atoms with E-state index in [0.29, 0.717) is 4.90 Å². The molecule has 88 valence electrons. The molecule has 1 N–H and O–H groups in total. The van der Waals surface area contributed by atoms with E-state index in [4.69, 9.17) is 0 Å². The van der Waals surface area contributed by atoms with E-state index in [1.165, 1.54) is 6.92 Å². The third kappa shape index (κ3) is 4.12. The van der Waals surface area contributed by atoms with E-state index >= 15 is 0 Å². The molecule has 1 aromatic rings. The first-order valence-corrected chi connectivity index (χ1v) is 6.11. The first kappa shape index (κ1) is 12.9. The van der Waals surface area contributed by atoms with Crippen molar-refractivity contribution in [2.75, 3.05) is 5.75 Å². The van der Waals surface area contributed by atoms with E-state index in [1.54, 1.807) is 12.1 Å². The van der Waals surface area contributed by atoms with E-state index in [1.807, 2.05) is 19.1 Å². The van der Waals surface area contributed by atoms with Crippen molar-refractivity contribution in [1.82, 2.24) is 0 Å². The van der Waals surface area contributed by atoms with Crippen molar-refractivity contribution in [3.8, 4) is 0 Å². The summed E-state index contributed by atoms with van der Waals surface area (Å²) in [4.78, 5) is 11.1. The highest BCUT2D eigenvalue weighted by Gasteiger charge is 2.13. The Balaban J connectivity index is 2.58. The molecular formula is C11H14O4S. The van der Waals surface area contributed by atoms with Gasteiger partial charge in [0, 0.05) is 11.8 Å². The van der Waals surface area contributed by atoms with E-state index in [-0.39, 0.29) is 5.75 Å². The van der Waals surface area contributed by atoms with Crippen molar-refractivity contribution < 1.29 is 18.8 Å². The highest BCUT2D eigenvalue weighted by atomic mass is 32.2. The van der Waals surface area contributed by atoms with Crippen molar-refractivity contribution >= 4 is 16.8 Å². The number of benzene rings is 1. The average Bonchev–Trinajstić information content (AvgIpc) is 2.16. The number of aliphatic hydroxyl groups excluding tert-OH is 1. The first-order valence-electron chi connectivity index (χ1n) is 4.79. The van der Waals surface area contributed by atoms with Gasteiger partial charge in [-0.1, -0.05) is 17.7 Å². The maximum absolute atomic E-state index is 11.7. The van der Waals surface area contributed by atoms with Gasteiger partial charge >= 0.3 is 5.97 Å². The van der Waals surface area contributed by atoms with Crippen molar-refractivity contribution in [3.63, 3.8) is 0 Å². The second kappa shape index (κ2) is 5.77. The molecule has 0 amide bonds. The highest BCUT2D eigenvalue weighted by Crippen LogP contribution is 2.09. The Morgan fingerprint density at radius 3 is 2.50 bits per heavy atom. The van der Waals surface area contributed by atoms with Gasteiger partial charge in [-0.15, -0.1) is 0 Å². The van der Waals surface area contributed by atoms with Crippen LogP contribution < -0.4 is 0 Å². The fraction of sp³-hybridized carbons (Fsp3) is 0.364. The largest absolute Gasteiger partial charge is 0.435 e. The Kier molecular flexibility index (Phi) is 4.64. The third-order valence-corrected chi connectivity index (χ3v) is 3.27. The monoisotopic (exact) mass is 242 g/mol. The lowest BCUT2D eigenvalue weighted by Gasteiger charge is -2.10. The molecule has 1 aromatic carbocycles. The van der Waals surface area contributed by atoms with Gasteiger partial charge in [0.05, 0.1) is 16.6 Å². The van der Waals surface area contributed by atoms with Crippen LogP contribution in [0.2, 0.25) is 0 Å². The lowest BCUT2D eigenvalue weighted by Crippen LogP contribution is -2.22. The zero-order chi connectivity index (χ0) is 12.1. The molecule has 4 nitrogen and oxygen atoms in total. The molecule has 2 atom stereocenters. The number of rotatable bonds is 4. The SMILES string of the molecule is CC(=O)O[C@@H](O)CS(=O)c1ccc(C)cc1. The Bertz CT molecular complexity index is 385. The van der Waals surface area contributed by atoms with Crippen LogP contribution in [-0.4, -0.2) is 27.3 Å². The highest BCUT2D eigenvalue weighted by molar-refractivity contribution is 7.85. The zero-order valence-corrected chi connectivity index (χ0v) is 9.99. The number of carbonyl (C=O) groups excluding carboxylic acids is 1. The molecular weight excluding hydrogens is 228 g/mol. The van der Waals surface area contributed by atoms with Crippen LogP contribution in [0.5, 0.6) is 0 Å². The maximum atomic E-state index is 11.7. The topological polar surface area (TPSA) is 63.6 Å². The fourth-order valence-corrected chi connectivity index (χ4v) is 2.10. The molecule has 0 aliphatic heterocycles. The van der Waals surface area contributed by atoms with Gasteiger partial charge in [-0.05, 0) is 19.1 Å². The Hall–Kier alpha value is -1.20. The van der Waals surface area contributed by atoms with E-state index < -0.39 is 23.1 Å². The van der Waals surface area contributed by atoms with Crippen molar-refractivity contribution in [2.24, 2.45) is 0 Å². The van der Waals surface area contributed by atoms with Gasteiger partial charge < -0.3 is 9.84 Å². The van der Waals surface area contributed by atoms with Gasteiger partial charge in [0.25, 0.3) is 0 Å². The average molecular weight is 242 g/mol. The Morgan fingerprint density at radius 1 is 1.44 bits per heavy atom. The molecule has 0 aliphatic rings. The lowest BCUT2D eigenvalue weighted by atomic mass is 10.2. The number of aryl methyl sites for hydroxylation is 1. The molecule has 16 heavy (non-hydrogen) atoms. The Labute approximate surface area is 96.7 Å². The van der Waals surface area contributed by atoms with Crippen LogP contribution in [0, 0.1) is 6.92 Å². The molecule has 1 rings (SSSR count). The number of aliphatic hydroxyl groups is 1. The third-order valence-electron chi connectivity index (χ3n) is 1.88. The standard InChI is InChI=1S/C11H14O4S/c1-8-3-5-10(6-4-8)16(14)7-11(13)15-9(2)12/h3-6,11,13H,7H2,1-2H3/t11-,16?/m1/s1.